The fraction of sp³-hybridized carbons (Fsp3) is 0.346. The lowest BCUT2D eigenvalue weighted by atomic mass is 9.88. The number of benzene rings is 2. The molecule has 2 heterocycles. The van der Waals surface area contributed by atoms with Crippen molar-refractivity contribution in [3.05, 3.63) is 83.0 Å². The van der Waals surface area contributed by atoms with Crippen LogP contribution in [0.4, 0.5) is 5.82 Å². The third-order valence-corrected chi connectivity index (χ3v) is 6.87. The number of hydrogen-bond donors (Lipinski definition) is 1. The minimum Gasteiger partial charge on any atom is -0.356 e. The first-order valence-corrected chi connectivity index (χ1v) is 12.8. The molecule has 1 aliphatic heterocycles. The first-order chi connectivity index (χ1) is 16.2. The normalized spacial score (nSPS) is 13.8. The van der Waals surface area contributed by atoms with Crippen molar-refractivity contribution in [2.45, 2.75) is 36.8 Å². The maximum absolute atomic E-state index is 12.5. The maximum atomic E-state index is 12.5. The van der Waals surface area contributed by atoms with E-state index >= 15 is 0 Å². The number of nitrogens with zero attached hydrogens (tertiary/aromatic N) is 3. The van der Waals surface area contributed by atoms with E-state index < -0.39 is 0 Å². The Labute approximate surface area is 205 Å². The summed E-state index contributed by atoms with van der Waals surface area (Å²) in [5.74, 6) is 1.33. The summed E-state index contributed by atoms with van der Waals surface area (Å²) in [5.41, 5.74) is 2.51. The van der Waals surface area contributed by atoms with Gasteiger partial charge >= 0.3 is 0 Å². The highest BCUT2D eigenvalue weighted by molar-refractivity contribution is 7.99. The zero-order valence-electron chi connectivity index (χ0n) is 18.6. The Kier molecular flexibility index (Phi) is 8.61. The van der Waals surface area contributed by atoms with Gasteiger partial charge < -0.3 is 10.2 Å². The number of amides is 1. The average Bonchev–Trinajstić information content (AvgIpc) is 2.87. The molecule has 0 unspecified atom stereocenters. The van der Waals surface area contributed by atoms with Gasteiger partial charge in [-0.15, -0.1) is 0 Å². The first kappa shape index (κ1) is 23.6. The number of rotatable bonds is 9. The number of piperidine rings is 1. The number of hydrogen-bond acceptors (Lipinski definition) is 5. The second kappa shape index (κ2) is 12.1. The van der Waals surface area contributed by atoms with Crippen LogP contribution >= 0.6 is 23.4 Å². The quantitative estimate of drug-likeness (QED) is 0.247. The molecule has 0 spiro atoms. The fourth-order valence-corrected chi connectivity index (χ4v) is 5.08. The molecule has 3 aromatic rings. The van der Waals surface area contributed by atoms with Crippen LogP contribution in [0.15, 0.2) is 71.9 Å². The van der Waals surface area contributed by atoms with E-state index in [1.807, 2.05) is 18.2 Å². The molecule has 0 bridgehead atoms. The number of anilines is 1. The van der Waals surface area contributed by atoms with E-state index in [0.29, 0.717) is 16.9 Å². The van der Waals surface area contributed by atoms with Gasteiger partial charge in [0.1, 0.15) is 11.0 Å². The zero-order chi connectivity index (χ0) is 22.9. The standard InChI is InChI=1S/C26H29ClN4OS/c27-23-18-24(31-16-8-3-9-17-31)30-26(29-23)33-19-25(32)28-15-14-22(20-10-4-1-5-11-20)21-12-6-2-7-13-21/h1-2,4-7,10-13,18,22H,3,8-9,14-17,19H2,(H,28,32). The molecule has 0 saturated carbocycles. The molecule has 2 aromatic carbocycles. The summed E-state index contributed by atoms with van der Waals surface area (Å²) in [7, 11) is 0. The molecule has 0 radical (unpaired) electrons. The Morgan fingerprint density at radius 2 is 1.61 bits per heavy atom. The zero-order valence-corrected chi connectivity index (χ0v) is 20.2. The first-order valence-electron chi connectivity index (χ1n) is 11.5. The van der Waals surface area contributed by atoms with Crippen molar-refractivity contribution in [2.24, 2.45) is 0 Å². The van der Waals surface area contributed by atoms with Crippen LogP contribution in [0.25, 0.3) is 0 Å². The fourth-order valence-electron chi connectivity index (χ4n) is 4.17. The molecule has 4 rings (SSSR count). The predicted octanol–water partition coefficient (Wildman–Crippen LogP) is 5.55. The Morgan fingerprint density at radius 3 is 2.24 bits per heavy atom. The highest BCUT2D eigenvalue weighted by Crippen LogP contribution is 2.27. The van der Waals surface area contributed by atoms with Crippen molar-refractivity contribution in [1.29, 1.82) is 0 Å². The summed E-state index contributed by atoms with van der Waals surface area (Å²) in [5, 5.41) is 4.02. The highest BCUT2D eigenvalue weighted by atomic mass is 35.5. The van der Waals surface area contributed by atoms with E-state index in [9.17, 15) is 4.79 Å². The van der Waals surface area contributed by atoms with Crippen LogP contribution in [0, 0.1) is 0 Å². The average molecular weight is 481 g/mol. The van der Waals surface area contributed by atoms with Crippen molar-refractivity contribution >= 4 is 35.1 Å². The highest BCUT2D eigenvalue weighted by Gasteiger charge is 2.16. The molecule has 1 saturated heterocycles. The molecule has 1 aromatic heterocycles. The Hall–Kier alpha value is -2.57. The SMILES string of the molecule is O=C(CSc1nc(Cl)cc(N2CCCCC2)n1)NCCC(c1ccccc1)c1ccccc1. The summed E-state index contributed by atoms with van der Waals surface area (Å²) < 4.78 is 0. The number of aromatic nitrogens is 2. The van der Waals surface area contributed by atoms with Gasteiger partial charge in [-0.2, -0.15) is 0 Å². The second-order valence-corrected chi connectivity index (χ2v) is 9.51. The Balaban J connectivity index is 1.30. The van der Waals surface area contributed by atoms with Crippen LogP contribution in [0.3, 0.4) is 0 Å². The molecular weight excluding hydrogens is 452 g/mol. The van der Waals surface area contributed by atoms with Crippen LogP contribution < -0.4 is 10.2 Å². The van der Waals surface area contributed by atoms with Gasteiger partial charge in [-0.05, 0) is 36.8 Å². The van der Waals surface area contributed by atoms with Gasteiger partial charge in [0, 0.05) is 31.6 Å². The van der Waals surface area contributed by atoms with E-state index in [0.717, 1.165) is 25.3 Å². The number of carbonyl (C=O) groups is 1. The summed E-state index contributed by atoms with van der Waals surface area (Å²) >= 11 is 7.55. The molecular formula is C26H29ClN4OS. The van der Waals surface area contributed by atoms with E-state index in [-0.39, 0.29) is 17.6 Å². The minimum atomic E-state index is -0.0250. The van der Waals surface area contributed by atoms with Gasteiger partial charge in [0.15, 0.2) is 5.16 Å². The smallest absolute Gasteiger partial charge is 0.230 e. The second-order valence-electron chi connectivity index (χ2n) is 8.18. The summed E-state index contributed by atoms with van der Waals surface area (Å²) in [4.78, 5) is 23.7. The topological polar surface area (TPSA) is 58.1 Å². The van der Waals surface area contributed by atoms with Crippen LogP contribution in [-0.4, -0.2) is 41.3 Å². The van der Waals surface area contributed by atoms with Gasteiger partial charge in [-0.3, -0.25) is 4.79 Å². The molecule has 5 nitrogen and oxygen atoms in total. The molecule has 1 N–H and O–H groups in total. The maximum Gasteiger partial charge on any atom is 0.230 e. The number of halogens is 1. The largest absolute Gasteiger partial charge is 0.356 e. The summed E-state index contributed by atoms with van der Waals surface area (Å²) in [6.45, 7) is 2.58. The van der Waals surface area contributed by atoms with Gasteiger partial charge in [0.25, 0.3) is 0 Å². The monoisotopic (exact) mass is 480 g/mol. The van der Waals surface area contributed by atoms with Gasteiger partial charge in [-0.1, -0.05) is 84.0 Å². The lowest BCUT2D eigenvalue weighted by Crippen LogP contribution is -2.30. The number of carbonyl (C=O) groups excluding carboxylic acids is 1. The molecule has 0 atom stereocenters. The lowest BCUT2D eigenvalue weighted by Gasteiger charge is -2.27. The Morgan fingerprint density at radius 1 is 0.970 bits per heavy atom. The summed E-state index contributed by atoms with van der Waals surface area (Å²) in [6.07, 6.45) is 4.42. The van der Waals surface area contributed by atoms with Crippen molar-refractivity contribution in [3.8, 4) is 0 Å². The van der Waals surface area contributed by atoms with Crippen LogP contribution in [-0.2, 0) is 4.79 Å². The van der Waals surface area contributed by atoms with E-state index in [4.69, 9.17) is 11.6 Å². The molecule has 1 amide bonds. The van der Waals surface area contributed by atoms with Crippen LogP contribution in [0.5, 0.6) is 0 Å². The molecule has 1 fully saturated rings. The van der Waals surface area contributed by atoms with E-state index in [1.165, 1.54) is 42.2 Å². The molecule has 7 heteroatoms. The summed E-state index contributed by atoms with van der Waals surface area (Å²) in [6, 6.07) is 22.7. The van der Waals surface area contributed by atoms with E-state index in [2.05, 4.69) is 68.7 Å². The van der Waals surface area contributed by atoms with Gasteiger partial charge in [-0.25, -0.2) is 9.97 Å². The number of thioether (sulfide) groups is 1. The third-order valence-electron chi connectivity index (χ3n) is 5.83. The molecule has 0 aliphatic carbocycles. The van der Waals surface area contributed by atoms with Gasteiger partial charge in [0.05, 0.1) is 5.75 Å². The van der Waals surface area contributed by atoms with Crippen molar-refractivity contribution < 1.29 is 4.79 Å². The molecule has 1 aliphatic rings. The predicted molar refractivity (Wildman–Crippen MR) is 136 cm³/mol. The van der Waals surface area contributed by atoms with Crippen molar-refractivity contribution in [1.82, 2.24) is 15.3 Å². The van der Waals surface area contributed by atoms with Gasteiger partial charge in [0.2, 0.25) is 5.91 Å². The Bertz CT molecular complexity index is 989. The third kappa shape index (κ3) is 6.95. The minimum absolute atomic E-state index is 0.0250. The number of nitrogens with one attached hydrogen (secondary N) is 1. The van der Waals surface area contributed by atoms with Crippen molar-refractivity contribution in [2.75, 3.05) is 30.3 Å². The molecule has 172 valence electrons. The lowest BCUT2D eigenvalue weighted by molar-refractivity contribution is -0.118. The van der Waals surface area contributed by atoms with Crippen molar-refractivity contribution in [3.63, 3.8) is 0 Å². The van der Waals surface area contributed by atoms with Crippen LogP contribution in [0.2, 0.25) is 5.15 Å². The van der Waals surface area contributed by atoms with E-state index in [1.54, 1.807) is 0 Å². The molecule has 33 heavy (non-hydrogen) atoms. The van der Waals surface area contributed by atoms with Crippen LogP contribution in [0.1, 0.15) is 42.7 Å².